The number of anilines is 1. The fourth-order valence-electron chi connectivity index (χ4n) is 1.56. The normalized spacial score (nSPS) is 11.3. The van der Waals surface area contributed by atoms with Crippen LogP contribution >= 0.6 is 11.6 Å². The number of carboxylic acid groups (broad SMARTS) is 1. The maximum absolute atomic E-state index is 12.1. The molecule has 0 spiro atoms. The highest BCUT2D eigenvalue weighted by molar-refractivity contribution is 7.92. The van der Waals surface area contributed by atoms with Crippen molar-refractivity contribution in [1.29, 1.82) is 0 Å². The third-order valence-corrected chi connectivity index (χ3v) is 4.15. The highest BCUT2D eigenvalue weighted by Gasteiger charge is 2.21. The summed E-state index contributed by atoms with van der Waals surface area (Å²) in [5.74, 6) is -1.21. The minimum absolute atomic E-state index is 0.00506. The first-order chi connectivity index (χ1) is 9.31. The van der Waals surface area contributed by atoms with Gasteiger partial charge in [0.15, 0.2) is 5.15 Å². The van der Waals surface area contributed by atoms with E-state index in [-0.39, 0.29) is 21.4 Å². The van der Waals surface area contributed by atoms with E-state index in [4.69, 9.17) is 16.7 Å². The average Bonchev–Trinajstić information content (AvgIpc) is 2.75. The number of nitrogens with zero attached hydrogens (tertiary/aromatic N) is 2. The number of nitrogens with one attached hydrogen (secondary N) is 1. The lowest BCUT2D eigenvalue weighted by atomic mass is 10.4. The molecular weight excluding hydrogens is 306 g/mol. The Hall–Kier alpha value is -2.06. The third kappa shape index (κ3) is 2.75. The smallest absolute Gasteiger partial charge is 0.352 e. The van der Waals surface area contributed by atoms with E-state index in [0.29, 0.717) is 0 Å². The van der Waals surface area contributed by atoms with Crippen LogP contribution in [0.4, 0.5) is 5.69 Å². The van der Waals surface area contributed by atoms with Gasteiger partial charge in [-0.3, -0.25) is 4.72 Å². The Labute approximate surface area is 119 Å². The molecule has 2 aromatic heterocycles. The van der Waals surface area contributed by atoms with Gasteiger partial charge in [0, 0.05) is 19.4 Å². The standard InChI is InChI=1S/C11H10ClN3O4S/c1-15-6-7(5-9(15)11(16)17)20(18,19)14-8-3-2-4-13-10(8)12/h2-6,14H,1H3,(H,16,17). The number of aromatic nitrogens is 2. The molecule has 2 N–H and O–H groups in total. The minimum Gasteiger partial charge on any atom is -0.477 e. The van der Waals surface area contributed by atoms with E-state index in [0.717, 1.165) is 6.07 Å². The lowest BCUT2D eigenvalue weighted by molar-refractivity contribution is 0.0686. The summed E-state index contributed by atoms with van der Waals surface area (Å²) < 4.78 is 27.7. The predicted octanol–water partition coefficient (Wildman–Crippen LogP) is 1.57. The molecular formula is C11H10ClN3O4S. The molecule has 0 unspecified atom stereocenters. The lowest BCUT2D eigenvalue weighted by Crippen LogP contribution is -2.12. The summed E-state index contributed by atoms with van der Waals surface area (Å²) in [4.78, 5) is 14.5. The maximum Gasteiger partial charge on any atom is 0.352 e. The molecule has 2 aromatic rings. The number of carboxylic acids is 1. The van der Waals surface area contributed by atoms with Crippen LogP contribution in [0.15, 0.2) is 35.5 Å². The van der Waals surface area contributed by atoms with Gasteiger partial charge in [0.25, 0.3) is 10.0 Å². The van der Waals surface area contributed by atoms with Crippen molar-refractivity contribution in [2.75, 3.05) is 4.72 Å². The van der Waals surface area contributed by atoms with E-state index in [2.05, 4.69) is 9.71 Å². The summed E-state index contributed by atoms with van der Waals surface area (Å²) in [5.41, 5.74) is -0.0162. The number of sulfonamides is 1. The lowest BCUT2D eigenvalue weighted by Gasteiger charge is -2.06. The summed E-state index contributed by atoms with van der Waals surface area (Å²) in [5, 5.41) is 8.92. The Balaban J connectivity index is 2.39. The number of aryl methyl sites for hydroxylation is 1. The number of hydrogen-bond acceptors (Lipinski definition) is 4. The van der Waals surface area contributed by atoms with Gasteiger partial charge in [0.1, 0.15) is 10.6 Å². The molecule has 7 nitrogen and oxygen atoms in total. The summed E-state index contributed by atoms with van der Waals surface area (Å²) in [6, 6.07) is 4.04. The molecule has 0 saturated carbocycles. The zero-order valence-electron chi connectivity index (χ0n) is 10.2. The van der Waals surface area contributed by atoms with Crippen LogP contribution in [0.2, 0.25) is 5.15 Å². The van der Waals surface area contributed by atoms with Gasteiger partial charge in [-0.25, -0.2) is 18.2 Å². The van der Waals surface area contributed by atoms with E-state index in [1.165, 1.54) is 36.1 Å². The highest BCUT2D eigenvalue weighted by Crippen LogP contribution is 2.22. The van der Waals surface area contributed by atoms with E-state index in [9.17, 15) is 13.2 Å². The first kappa shape index (κ1) is 14.4. The second-order valence-electron chi connectivity index (χ2n) is 3.92. The number of carbonyl (C=O) groups is 1. The van der Waals surface area contributed by atoms with Crippen molar-refractivity contribution in [3.05, 3.63) is 41.4 Å². The zero-order valence-corrected chi connectivity index (χ0v) is 11.8. The fourth-order valence-corrected chi connectivity index (χ4v) is 2.92. The van der Waals surface area contributed by atoms with Crippen molar-refractivity contribution in [3.8, 4) is 0 Å². The van der Waals surface area contributed by atoms with E-state index < -0.39 is 16.0 Å². The summed E-state index contributed by atoms with van der Waals surface area (Å²) in [6.07, 6.45) is 2.63. The Kier molecular flexibility index (Phi) is 3.69. The van der Waals surface area contributed by atoms with Gasteiger partial charge in [-0.2, -0.15) is 0 Å². The van der Waals surface area contributed by atoms with Gasteiger partial charge >= 0.3 is 5.97 Å². The van der Waals surface area contributed by atoms with Gasteiger partial charge in [-0.05, 0) is 18.2 Å². The average molecular weight is 316 g/mol. The number of pyridine rings is 1. The number of halogens is 1. The quantitative estimate of drug-likeness (QED) is 0.834. The van der Waals surface area contributed by atoms with Crippen LogP contribution in [0.5, 0.6) is 0 Å². The van der Waals surface area contributed by atoms with Crippen molar-refractivity contribution in [3.63, 3.8) is 0 Å². The fraction of sp³-hybridized carbons (Fsp3) is 0.0909. The Morgan fingerprint density at radius 3 is 2.75 bits per heavy atom. The number of hydrogen-bond donors (Lipinski definition) is 2. The molecule has 0 bridgehead atoms. The molecule has 0 aliphatic rings. The van der Waals surface area contributed by atoms with Crippen LogP contribution in [-0.4, -0.2) is 29.0 Å². The van der Waals surface area contributed by atoms with Gasteiger partial charge < -0.3 is 9.67 Å². The third-order valence-electron chi connectivity index (χ3n) is 2.51. The maximum atomic E-state index is 12.1. The Morgan fingerprint density at radius 1 is 1.50 bits per heavy atom. The second-order valence-corrected chi connectivity index (χ2v) is 5.96. The zero-order chi connectivity index (χ0) is 14.9. The monoisotopic (exact) mass is 315 g/mol. The highest BCUT2D eigenvalue weighted by atomic mass is 35.5. The molecule has 0 amide bonds. The van der Waals surface area contributed by atoms with Gasteiger partial charge in [-0.1, -0.05) is 11.6 Å². The largest absolute Gasteiger partial charge is 0.477 e. The summed E-state index contributed by atoms with van der Waals surface area (Å²) in [7, 11) is -2.49. The minimum atomic E-state index is -3.93. The number of aromatic carboxylic acids is 1. The molecule has 20 heavy (non-hydrogen) atoms. The molecule has 0 aromatic carbocycles. The Morgan fingerprint density at radius 2 is 2.20 bits per heavy atom. The molecule has 0 aliphatic heterocycles. The first-order valence-electron chi connectivity index (χ1n) is 5.34. The van der Waals surface area contributed by atoms with Crippen LogP contribution in [0, 0.1) is 0 Å². The molecule has 0 aliphatic carbocycles. The molecule has 2 rings (SSSR count). The van der Waals surface area contributed by atoms with E-state index in [1.54, 1.807) is 0 Å². The summed E-state index contributed by atoms with van der Waals surface area (Å²) in [6.45, 7) is 0. The van der Waals surface area contributed by atoms with Crippen molar-refractivity contribution in [1.82, 2.24) is 9.55 Å². The summed E-state index contributed by atoms with van der Waals surface area (Å²) >= 11 is 5.77. The molecule has 9 heteroatoms. The van der Waals surface area contributed by atoms with Crippen LogP contribution in [0.1, 0.15) is 10.5 Å². The van der Waals surface area contributed by atoms with E-state index >= 15 is 0 Å². The van der Waals surface area contributed by atoms with Crippen LogP contribution in [-0.2, 0) is 17.1 Å². The molecule has 0 saturated heterocycles. The van der Waals surface area contributed by atoms with Crippen molar-refractivity contribution < 1.29 is 18.3 Å². The Bertz CT molecular complexity index is 770. The van der Waals surface area contributed by atoms with Gasteiger partial charge in [0.05, 0.1) is 5.69 Å². The first-order valence-corrected chi connectivity index (χ1v) is 7.20. The van der Waals surface area contributed by atoms with Crippen LogP contribution in [0.25, 0.3) is 0 Å². The topological polar surface area (TPSA) is 101 Å². The van der Waals surface area contributed by atoms with Crippen LogP contribution in [0.3, 0.4) is 0 Å². The van der Waals surface area contributed by atoms with Gasteiger partial charge in [0.2, 0.25) is 0 Å². The number of rotatable bonds is 4. The van der Waals surface area contributed by atoms with E-state index in [1.807, 2.05) is 0 Å². The van der Waals surface area contributed by atoms with Crippen molar-refractivity contribution in [2.24, 2.45) is 7.05 Å². The molecule has 0 fully saturated rings. The van der Waals surface area contributed by atoms with Crippen molar-refractivity contribution in [2.45, 2.75) is 4.90 Å². The molecule has 0 radical (unpaired) electrons. The predicted molar refractivity (Wildman–Crippen MR) is 72.4 cm³/mol. The molecule has 2 heterocycles. The van der Waals surface area contributed by atoms with Crippen molar-refractivity contribution >= 4 is 33.3 Å². The second kappa shape index (κ2) is 5.14. The SMILES string of the molecule is Cn1cc(S(=O)(=O)Nc2cccnc2Cl)cc1C(=O)O. The molecule has 0 atom stereocenters. The molecule has 106 valence electrons. The van der Waals surface area contributed by atoms with Crippen LogP contribution < -0.4 is 4.72 Å². The van der Waals surface area contributed by atoms with Gasteiger partial charge in [-0.15, -0.1) is 0 Å².